The van der Waals surface area contributed by atoms with Gasteiger partial charge in [-0.3, -0.25) is 6.08 Å². The Balaban J connectivity index is 0.000000461. The molecule has 0 aromatic carbocycles. The van der Waals surface area contributed by atoms with Crippen LogP contribution in [0.1, 0.15) is 27.2 Å². The van der Waals surface area contributed by atoms with Crippen LogP contribution in [0.15, 0.2) is 17.7 Å². The van der Waals surface area contributed by atoms with Crippen molar-refractivity contribution in [3.63, 3.8) is 0 Å². The average Bonchev–Trinajstić information content (AvgIpc) is 2.40. The van der Waals surface area contributed by atoms with Gasteiger partial charge >= 0.3 is 28.4 Å². The van der Waals surface area contributed by atoms with E-state index in [1.54, 1.807) is 0 Å². The van der Waals surface area contributed by atoms with Crippen molar-refractivity contribution < 1.29 is 24.2 Å². The Morgan fingerprint density at radius 2 is 2.00 bits per heavy atom. The molecule has 0 bridgehead atoms. The van der Waals surface area contributed by atoms with E-state index >= 15 is 0 Å². The minimum atomic E-state index is 0.323. The van der Waals surface area contributed by atoms with Crippen molar-refractivity contribution in [2.45, 2.75) is 27.2 Å². The van der Waals surface area contributed by atoms with Crippen molar-refractivity contribution in [1.82, 2.24) is 0 Å². The molecule has 0 radical (unpaired) electrons. The van der Waals surface area contributed by atoms with Crippen molar-refractivity contribution >= 4 is 4.21 Å². The monoisotopic (exact) mass is 225 g/mol. The van der Waals surface area contributed by atoms with Crippen LogP contribution in [0, 0.1) is 11.5 Å². The fourth-order valence-corrected chi connectivity index (χ4v) is 0.919. The second-order valence-corrected chi connectivity index (χ2v) is 3.46. The Kier molecular flexibility index (Phi) is 5.09. The summed E-state index contributed by atoms with van der Waals surface area (Å²) < 4.78 is 3.34. The van der Waals surface area contributed by atoms with Crippen LogP contribution in [0.4, 0.5) is 0 Å². The van der Waals surface area contributed by atoms with Crippen molar-refractivity contribution in [3.8, 4) is 0 Å². The zero-order valence-electron chi connectivity index (χ0n) is 7.57. The van der Waals surface area contributed by atoms with Crippen LogP contribution in [0.3, 0.4) is 0 Å². The molecule has 0 aromatic rings. The summed E-state index contributed by atoms with van der Waals surface area (Å²) in [6.07, 6.45) is 8.50. The van der Waals surface area contributed by atoms with Gasteiger partial charge in [-0.25, -0.2) is 6.08 Å². The van der Waals surface area contributed by atoms with Gasteiger partial charge in [0.05, 0.1) is 0 Å². The van der Waals surface area contributed by atoms with Crippen LogP contribution in [0.2, 0.25) is 0 Å². The van der Waals surface area contributed by atoms with Crippen molar-refractivity contribution in [1.29, 1.82) is 0 Å². The molecule has 0 aromatic heterocycles. The Hall–Kier alpha value is 0.233. The summed E-state index contributed by atoms with van der Waals surface area (Å²) >= 11 is 1.30. The van der Waals surface area contributed by atoms with Crippen LogP contribution in [0.25, 0.3) is 0 Å². The molecule has 0 aliphatic heterocycles. The molecule has 0 saturated carbocycles. The van der Waals surface area contributed by atoms with E-state index in [1.165, 1.54) is 29.8 Å². The van der Waals surface area contributed by atoms with Gasteiger partial charge in [0.25, 0.3) is 0 Å². The number of allylic oxidation sites excluding steroid dienone is 4. The molecule has 0 nitrogen and oxygen atoms in total. The molecule has 1 rings (SSSR count). The van der Waals surface area contributed by atoms with E-state index in [2.05, 4.69) is 43.2 Å². The molecule has 0 saturated heterocycles. The van der Waals surface area contributed by atoms with E-state index < -0.39 is 0 Å². The van der Waals surface area contributed by atoms with E-state index in [0.717, 1.165) is 6.42 Å². The number of rotatable bonds is 0. The first-order valence-corrected chi connectivity index (χ1v) is 5.47. The van der Waals surface area contributed by atoms with Gasteiger partial charge in [0.1, 0.15) is 0 Å². The molecule has 0 amide bonds. The molecule has 0 spiro atoms. The Bertz CT molecular complexity index is 170. The van der Waals surface area contributed by atoms with Gasteiger partial charge in [-0.15, -0.1) is 6.42 Å². The number of hydrogen-bond acceptors (Lipinski definition) is 0. The predicted octanol–water partition coefficient (Wildman–Crippen LogP) is 2.69. The van der Waals surface area contributed by atoms with Crippen LogP contribution in [0.5, 0.6) is 0 Å². The molecule has 60 valence electrons. The predicted molar refractivity (Wildman–Crippen MR) is 47.1 cm³/mol. The second-order valence-electron chi connectivity index (χ2n) is 3.46. The topological polar surface area (TPSA) is 0 Å². The number of hydrogen-bond donors (Lipinski definition) is 0. The molecule has 11 heavy (non-hydrogen) atoms. The zero-order valence-corrected chi connectivity index (χ0v) is 10.0. The summed E-state index contributed by atoms with van der Waals surface area (Å²) in [6.45, 7) is 6.67. The molecule has 0 atom stereocenters. The Morgan fingerprint density at radius 3 is 2.18 bits per heavy atom. The molecule has 1 aliphatic rings. The van der Waals surface area contributed by atoms with E-state index in [-0.39, 0.29) is 0 Å². The van der Waals surface area contributed by atoms with Crippen LogP contribution >= 0.6 is 0 Å². The molecule has 0 N–H and O–H groups in total. The van der Waals surface area contributed by atoms with Gasteiger partial charge in [0.2, 0.25) is 0 Å². The van der Waals surface area contributed by atoms with Gasteiger partial charge < -0.3 is 0 Å². The maximum absolute atomic E-state index is 3.34. The molecular formula is C10H15Zr-. The average molecular weight is 226 g/mol. The van der Waals surface area contributed by atoms with Crippen molar-refractivity contribution in [3.05, 3.63) is 23.8 Å². The molecule has 0 heterocycles. The SMILES string of the molecule is CC(C)(C)C1=CC[C-]=C1.[CH2]=[Zr]. The summed E-state index contributed by atoms with van der Waals surface area (Å²) in [6, 6.07) is 0. The summed E-state index contributed by atoms with van der Waals surface area (Å²) in [5.41, 5.74) is 1.74. The fourth-order valence-electron chi connectivity index (χ4n) is 0.919. The zero-order chi connectivity index (χ0) is 8.91. The molecule has 0 unspecified atom stereocenters. The first kappa shape index (κ1) is 11.2. The van der Waals surface area contributed by atoms with Crippen molar-refractivity contribution in [2.75, 3.05) is 0 Å². The first-order valence-electron chi connectivity index (χ1n) is 3.73. The summed E-state index contributed by atoms with van der Waals surface area (Å²) in [5, 5.41) is 0. The van der Waals surface area contributed by atoms with Gasteiger partial charge in [0.15, 0.2) is 0 Å². The third-order valence-electron chi connectivity index (χ3n) is 1.56. The quantitative estimate of drug-likeness (QED) is 0.557. The minimum absolute atomic E-state index is 0.323. The standard InChI is InChI=1S/C9H13.CH2.Zr/c1-9(2,3)8-6-4-5-7-8;;/h6-7H,4H2,1-3H3;1H2;/q-1;;. The molecule has 1 aliphatic carbocycles. The summed E-state index contributed by atoms with van der Waals surface area (Å²) in [7, 11) is 0. The maximum atomic E-state index is 3.34. The normalized spacial score (nSPS) is 15.3. The van der Waals surface area contributed by atoms with Gasteiger partial charge in [0, 0.05) is 0 Å². The van der Waals surface area contributed by atoms with Gasteiger partial charge in [-0.1, -0.05) is 26.2 Å². The van der Waals surface area contributed by atoms with E-state index in [0.29, 0.717) is 5.41 Å². The molecule has 0 fully saturated rings. The summed E-state index contributed by atoms with van der Waals surface area (Å²) in [5.74, 6) is 0. The van der Waals surface area contributed by atoms with E-state index in [4.69, 9.17) is 0 Å². The van der Waals surface area contributed by atoms with E-state index in [9.17, 15) is 0 Å². The Morgan fingerprint density at radius 1 is 1.45 bits per heavy atom. The van der Waals surface area contributed by atoms with E-state index in [1.807, 2.05) is 0 Å². The van der Waals surface area contributed by atoms with Crippen LogP contribution in [-0.4, -0.2) is 4.21 Å². The third-order valence-corrected chi connectivity index (χ3v) is 1.56. The van der Waals surface area contributed by atoms with Gasteiger partial charge in [-0.05, 0) is 0 Å². The molecular weight excluding hydrogens is 211 g/mol. The summed E-state index contributed by atoms with van der Waals surface area (Å²) in [4.78, 5) is 0. The van der Waals surface area contributed by atoms with Crippen LogP contribution in [-0.2, 0) is 24.2 Å². The van der Waals surface area contributed by atoms with Crippen molar-refractivity contribution in [2.24, 2.45) is 5.41 Å². The second kappa shape index (κ2) is 4.98. The van der Waals surface area contributed by atoms with Gasteiger partial charge in [-0.2, -0.15) is 11.6 Å². The third kappa shape index (κ3) is 3.96. The first-order chi connectivity index (χ1) is 5.11. The fraction of sp³-hybridized carbons (Fsp3) is 0.500. The molecule has 1 heteroatoms. The van der Waals surface area contributed by atoms with Crippen LogP contribution < -0.4 is 0 Å². The Labute approximate surface area is 84.7 Å².